The molecule has 24 heavy (non-hydrogen) atoms. The highest BCUT2D eigenvalue weighted by atomic mass is 19.4. The summed E-state index contributed by atoms with van der Waals surface area (Å²) < 4.78 is 71.3. The zero-order valence-corrected chi connectivity index (χ0v) is 12.1. The highest BCUT2D eigenvalue weighted by Gasteiger charge is 2.58. The summed E-state index contributed by atoms with van der Waals surface area (Å²) in [5.41, 5.74) is 4.46. The molecule has 0 saturated heterocycles. The first-order valence-corrected chi connectivity index (χ1v) is 6.18. The molecule has 1 aromatic heterocycles. The van der Waals surface area contributed by atoms with Gasteiger partial charge in [0.2, 0.25) is 5.91 Å². The molecule has 12 heteroatoms. The predicted octanol–water partition coefficient (Wildman–Crippen LogP) is 0.882. The third kappa shape index (κ3) is 4.50. The zero-order chi connectivity index (χ0) is 18.5. The van der Waals surface area contributed by atoms with E-state index in [9.17, 15) is 31.5 Å². The van der Waals surface area contributed by atoms with Gasteiger partial charge in [0.15, 0.2) is 23.8 Å². The highest BCUT2D eigenvalue weighted by Crippen LogP contribution is 2.37. The number of ether oxygens (including phenoxy) is 2. The molecule has 0 aliphatic heterocycles. The predicted molar refractivity (Wildman–Crippen MR) is 68.8 cm³/mol. The third-order valence-electron chi connectivity index (χ3n) is 2.55. The molecule has 7 nitrogen and oxygen atoms in total. The number of hydrogen-bond acceptors (Lipinski definition) is 6. The van der Waals surface area contributed by atoms with Gasteiger partial charge < -0.3 is 15.2 Å². The summed E-state index contributed by atoms with van der Waals surface area (Å²) in [6.45, 7) is -2.54. The van der Waals surface area contributed by atoms with Gasteiger partial charge in [0.05, 0.1) is 13.7 Å². The van der Waals surface area contributed by atoms with Gasteiger partial charge in [0.25, 0.3) is 5.91 Å². The maximum Gasteiger partial charge on any atom is 0.456 e. The van der Waals surface area contributed by atoms with E-state index in [4.69, 9.17) is 10.5 Å². The van der Waals surface area contributed by atoms with E-state index in [0.717, 1.165) is 19.4 Å². The number of carbonyl (C=O) groups is 2. The molecule has 0 aliphatic carbocycles. The maximum absolute atomic E-state index is 12.9. The van der Waals surface area contributed by atoms with Gasteiger partial charge in [0, 0.05) is 12.3 Å². The molecule has 0 aromatic carbocycles. The third-order valence-corrected chi connectivity index (χ3v) is 2.55. The Hall–Kier alpha value is -2.50. The fourth-order valence-electron chi connectivity index (χ4n) is 1.39. The molecule has 0 atom stereocenters. The average Bonchev–Trinajstić information content (AvgIpc) is 2.51. The summed E-state index contributed by atoms with van der Waals surface area (Å²) in [6.07, 6.45) is -4.90. The Morgan fingerprint density at radius 1 is 1.29 bits per heavy atom. The van der Waals surface area contributed by atoms with Crippen molar-refractivity contribution < 1.29 is 41.0 Å². The lowest BCUT2D eigenvalue weighted by molar-refractivity contribution is -0.290. The molecular formula is C12H12F5N3O4. The lowest BCUT2D eigenvalue weighted by Gasteiger charge is -2.20. The van der Waals surface area contributed by atoms with Crippen LogP contribution in [-0.2, 0) is 4.79 Å². The summed E-state index contributed by atoms with van der Waals surface area (Å²) in [5.74, 6) is -8.16. The summed E-state index contributed by atoms with van der Waals surface area (Å²) in [5, 5.41) is 1.82. The number of amides is 2. The first-order valence-electron chi connectivity index (χ1n) is 6.18. The monoisotopic (exact) mass is 357 g/mol. The number of alkyl halides is 5. The van der Waals surface area contributed by atoms with Gasteiger partial charge in [-0.25, -0.2) is 4.98 Å². The topological polar surface area (TPSA) is 104 Å². The molecule has 3 N–H and O–H groups in total. The Labute approximate surface area is 131 Å². The summed E-state index contributed by atoms with van der Waals surface area (Å²) in [6, 6.07) is 0.923. The number of rotatable bonds is 6. The minimum Gasteiger partial charge on any atom is -0.491 e. The van der Waals surface area contributed by atoms with Gasteiger partial charge in [-0.05, 0) is 0 Å². The lowest BCUT2D eigenvalue weighted by atomic mass is 10.2. The van der Waals surface area contributed by atoms with Crippen molar-refractivity contribution in [3.63, 3.8) is 0 Å². The number of imide groups is 1. The van der Waals surface area contributed by atoms with Crippen LogP contribution < -0.4 is 20.5 Å². The summed E-state index contributed by atoms with van der Waals surface area (Å²) >= 11 is 0. The van der Waals surface area contributed by atoms with Crippen molar-refractivity contribution in [2.75, 3.05) is 20.3 Å². The molecule has 134 valence electrons. The lowest BCUT2D eigenvalue weighted by Crippen LogP contribution is -2.41. The SMILES string of the molecule is COc1c(OCC(F)(F)C(F)(F)F)ccnc1C(=O)NC(=O)CN. The van der Waals surface area contributed by atoms with Crippen LogP contribution in [0.3, 0.4) is 0 Å². The van der Waals surface area contributed by atoms with Crippen LogP contribution in [0, 0.1) is 0 Å². The molecule has 2 amide bonds. The normalized spacial score (nSPS) is 11.8. The van der Waals surface area contributed by atoms with E-state index in [1.54, 1.807) is 0 Å². The fourth-order valence-corrected chi connectivity index (χ4v) is 1.39. The number of halogens is 5. The molecule has 0 unspecified atom stereocenters. The van der Waals surface area contributed by atoms with Crippen LogP contribution in [0.25, 0.3) is 0 Å². The van der Waals surface area contributed by atoms with E-state index in [1.807, 2.05) is 5.32 Å². The Kier molecular flexibility index (Phi) is 6.01. The van der Waals surface area contributed by atoms with E-state index < -0.39 is 54.3 Å². The second-order valence-corrected chi connectivity index (χ2v) is 4.26. The molecular weight excluding hydrogens is 345 g/mol. The average molecular weight is 357 g/mol. The van der Waals surface area contributed by atoms with Crippen LogP contribution in [0.4, 0.5) is 22.0 Å². The van der Waals surface area contributed by atoms with Gasteiger partial charge in [-0.15, -0.1) is 0 Å². The number of nitrogens with one attached hydrogen (secondary N) is 1. The van der Waals surface area contributed by atoms with Crippen LogP contribution in [-0.4, -0.2) is 49.2 Å². The highest BCUT2D eigenvalue weighted by molar-refractivity contribution is 6.05. The van der Waals surface area contributed by atoms with Gasteiger partial charge in [-0.2, -0.15) is 22.0 Å². The van der Waals surface area contributed by atoms with Gasteiger partial charge >= 0.3 is 12.1 Å². The zero-order valence-electron chi connectivity index (χ0n) is 12.1. The van der Waals surface area contributed by atoms with Crippen molar-refractivity contribution in [2.45, 2.75) is 12.1 Å². The molecule has 0 aliphatic rings. The van der Waals surface area contributed by atoms with Crippen molar-refractivity contribution in [3.05, 3.63) is 18.0 Å². The molecule has 0 radical (unpaired) electrons. The van der Waals surface area contributed by atoms with Crippen LogP contribution in [0.5, 0.6) is 11.5 Å². The number of hydrogen-bond donors (Lipinski definition) is 2. The number of methoxy groups -OCH3 is 1. The van der Waals surface area contributed by atoms with E-state index in [-0.39, 0.29) is 0 Å². The second kappa shape index (κ2) is 7.38. The van der Waals surface area contributed by atoms with E-state index >= 15 is 0 Å². The van der Waals surface area contributed by atoms with Gasteiger partial charge in [-0.3, -0.25) is 14.9 Å². The number of carbonyl (C=O) groups excluding carboxylic acids is 2. The Morgan fingerprint density at radius 2 is 1.92 bits per heavy atom. The second-order valence-electron chi connectivity index (χ2n) is 4.26. The number of pyridine rings is 1. The van der Waals surface area contributed by atoms with Crippen molar-refractivity contribution in [2.24, 2.45) is 5.73 Å². The molecule has 0 fully saturated rings. The van der Waals surface area contributed by atoms with Gasteiger partial charge in [-0.1, -0.05) is 0 Å². The largest absolute Gasteiger partial charge is 0.491 e. The molecule has 1 heterocycles. The minimum absolute atomic E-state index is 0.512. The number of nitrogens with two attached hydrogens (primary N) is 1. The first-order chi connectivity index (χ1) is 11.0. The van der Waals surface area contributed by atoms with E-state index in [2.05, 4.69) is 9.72 Å². The summed E-state index contributed by atoms with van der Waals surface area (Å²) in [7, 11) is 1.01. The van der Waals surface area contributed by atoms with Gasteiger partial charge in [0.1, 0.15) is 0 Å². The Morgan fingerprint density at radius 3 is 2.42 bits per heavy atom. The van der Waals surface area contributed by atoms with Crippen molar-refractivity contribution in [1.29, 1.82) is 0 Å². The molecule has 1 aromatic rings. The summed E-state index contributed by atoms with van der Waals surface area (Å²) in [4.78, 5) is 26.4. The van der Waals surface area contributed by atoms with Crippen molar-refractivity contribution in [1.82, 2.24) is 10.3 Å². The molecule has 1 rings (SSSR count). The molecule has 0 spiro atoms. The smallest absolute Gasteiger partial charge is 0.456 e. The maximum atomic E-state index is 12.9. The van der Waals surface area contributed by atoms with E-state index in [0.29, 0.717) is 0 Å². The quantitative estimate of drug-likeness (QED) is 0.733. The number of nitrogens with zero attached hydrogens (tertiary/aromatic N) is 1. The van der Waals surface area contributed by atoms with Crippen molar-refractivity contribution >= 4 is 11.8 Å². The van der Waals surface area contributed by atoms with Crippen LogP contribution in [0.1, 0.15) is 10.5 Å². The van der Waals surface area contributed by atoms with Crippen molar-refractivity contribution in [3.8, 4) is 11.5 Å². The minimum atomic E-state index is -5.80. The van der Waals surface area contributed by atoms with Crippen LogP contribution >= 0.6 is 0 Å². The molecule has 0 bridgehead atoms. The Bertz CT molecular complexity index is 621. The van der Waals surface area contributed by atoms with Crippen LogP contribution in [0.2, 0.25) is 0 Å². The van der Waals surface area contributed by atoms with Crippen LogP contribution in [0.15, 0.2) is 12.3 Å². The first kappa shape index (κ1) is 19.5. The standard InChI is InChI=1S/C12H12F5N3O4/c1-23-9-6(24-5-11(13,14)12(15,16)17)2-3-19-8(9)10(22)20-7(21)4-18/h2-3H,4-5,18H2,1H3,(H,20,21,22). The van der Waals surface area contributed by atoms with E-state index in [1.165, 1.54) is 0 Å². The molecule has 0 saturated carbocycles. The Balaban J connectivity index is 3.04. The number of aromatic nitrogens is 1. The fraction of sp³-hybridized carbons (Fsp3) is 0.417.